The summed E-state index contributed by atoms with van der Waals surface area (Å²) in [7, 11) is 1.92. The van der Waals surface area contributed by atoms with Crippen molar-refractivity contribution in [3.8, 4) is 0 Å². The Labute approximate surface area is 80.5 Å². The second kappa shape index (κ2) is 3.47. The zero-order valence-electron chi connectivity index (χ0n) is 5.97. The Balaban J connectivity index is 0.000000640. The molecule has 0 aliphatic carbocycles. The van der Waals surface area contributed by atoms with Gasteiger partial charge in [0.05, 0.1) is 0 Å². The Morgan fingerprint density at radius 1 is 1.44 bits per heavy atom. The summed E-state index contributed by atoms with van der Waals surface area (Å²) in [5.41, 5.74) is 2.32. The molecule has 0 radical (unpaired) electrons. The Morgan fingerprint density at radius 2 is 2.00 bits per heavy atom. The first-order valence-corrected chi connectivity index (χ1v) is 2.59. The molecule has 2 nitrogen and oxygen atoms in total. The van der Waals surface area contributed by atoms with Crippen molar-refractivity contribution in [3.05, 3.63) is 17.5 Å². The maximum absolute atomic E-state index is 3.91. The predicted octanol–water partition coefficient (Wildman–Crippen LogP) is 0.835. The number of aryl methyl sites for hydroxylation is 2. The van der Waals surface area contributed by atoms with Crippen LogP contribution in [0.3, 0.4) is 0 Å². The van der Waals surface area contributed by atoms with Gasteiger partial charge in [0.2, 0.25) is 0 Å². The van der Waals surface area contributed by atoms with Crippen LogP contribution < -0.4 is 0 Å². The summed E-state index contributed by atoms with van der Waals surface area (Å²) >= 11 is 0. The van der Waals surface area contributed by atoms with Crippen LogP contribution in [0.4, 0.5) is 0 Å². The van der Waals surface area contributed by atoms with E-state index in [-0.39, 0.29) is 32.7 Å². The minimum atomic E-state index is 0. The molecule has 0 N–H and O–H groups in total. The van der Waals surface area contributed by atoms with Crippen LogP contribution in [0.2, 0.25) is 0 Å². The molecule has 0 aromatic carbocycles. The molecule has 0 bridgehead atoms. The van der Waals surface area contributed by atoms with E-state index < -0.39 is 0 Å². The van der Waals surface area contributed by atoms with Crippen molar-refractivity contribution in [2.75, 3.05) is 0 Å². The Morgan fingerprint density at radius 3 is 2.11 bits per heavy atom. The van der Waals surface area contributed by atoms with Crippen LogP contribution >= 0.6 is 0 Å². The number of rotatable bonds is 0. The Kier molecular flexibility index (Phi) is 3.60. The molecular weight excluding hydrogens is 189 g/mol. The Bertz CT molecular complexity index is 173. The normalized spacial score (nSPS) is 8.78. The molecule has 3 heteroatoms. The summed E-state index contributed by atoms with van der Waals surface area (Å²) in [5, 5.41) is 3.91. The summed E-state index contributed by atoms with van der Waals surface area (Å²) in [4.78, 5) is 0. The van der Waals surface area contributed by atoms with Gasteiger partial charge in [-0.3, -0.25) is 0 Å². The Hall–Kier alpha value is 0.314. The van der Waals surface area contributed by atoms with Crippen molar-refractivity contribution in [3.63, 3.8) is 0 Å². The minimum absolute atomic E-state index is 0. The van der Waals surface area contributed by atoms with Gasteiger partial charge in [0, 0.05) is 7.05 Å². The van der Waals surface area contributed by atoms with Gasteiger partial charge in [-0.1, -0.05) is 13.8 Å². The molecule has 0 saturated carbocycles. The largest absolute Gasteiger partial charge is 3.00 e. The van der Waals surface area contributed by atoms with Crippen LogP contribution in [0.15, 0.2) is 0 Å². The SMILES string of the molecule is Cc1[c-]nn(C)c1C.[Y+3]. The maximum Gasteiger partial charge on any atom is 3.00 e. The van der Waals surface area contributed by atoms with Crippen molar-refractivity contribution in [2.24, 2.45) is 7.05 Å². The third-order valence-electron chi connectivity index (χ3n) is 1.40. The average molecular weight is 198 g/mol. The molecule has 0 saturated heterocycles. The van der Waals surface area contributed by atoms with Gasteiger partial charge in [0.1, 0.15) is 0 Å². The van der Waals surface area contributed by atoms with Crippen molar-refractivity contribution in [2.45, 2.75) is 13.8 Å². The fraction of sp³-hybridized carbons (Fsp3) is 0.500. The van der Waals surface area contributed by atoms with Crippen molar-refractivity contribution in [1.82, 2.24) is 9.78 Å². The second-order valence-corrected chi connectivity index (χ2v) is 1.95. The molecule has 1 aromatic heterocycles. The van der Waals surface area contributed by atoms with Crippen LogP contribution in [0.5, 0.6) is 0 Å². The molecule has 0 amide bonds. The zero-order chi connectivity index (χ0) is 6.15. The van der Waals surface area contributed by atoms with E-state index in [1.54, 1.807) is 0 Å². The monoisotopic (exact) mass is 198 g/mol. The molecule has 44 valence electrons. The zero-order valence-corrected chi connectivity index (χ0v) is 8.81. The molecule has 0 fully saturated rings. The van der Waals surface area contributed by atoms with Crippen molar-refractivity contribution < 1.29 is 32.7 Å². The van der Waals surface area contributed by atoms with E-state index in [0.29, 0.717) is 0 Å². The van der Waals surface area contributed by atoms with Gasteiger partial charge in [-0.15, -0.1) is 11.9 Å². The van der Waals surface area contributed by atoms with Gasteiger partial charge in [-0.25, -0.2) is 0 Å². The number of nitrogens with zero attached hydrogens (tertiary/aromatic N) is 2. The van der Waals surface area contributed by atoms with Gasteiger partial charge in [-0.2, -0.15) is 5.56 Å². The van der Waals surface area contributed by atoms with E-state index in [1.165, 1.54) is 5.69 Å². The molecule has 0 spiro atoms. The molecule has 1 heterocycles. The van der Waals surface area contributed by atoms with E-state index in [4.69, 9.17) is 0 Å². The van der Waals surface area contributed by atoms with E-state index in [2.05, 4.69) is 11.3 Å². The fourth-order valence-electron chi connectivity index (χ4n) is 0.549. The summed E-state index contributed by atoms with van der Waals surface area (Å²) in [5.74, 6) is 0. The summed E-state index contributed by atoms with van der Waals surface area (Å²) in [6, 6.07) is 0. The first kappa shape index (κ1) is 9.31. The summed E-state index contributed by atoms with van der Waals surface area (Å²) in [6.07, 6.45) is 2.85. The molecule has 0 aliphatic heterocycles. The molecular formula is C6H9N2Y+2. The summed E-state index contributed by atoms with van der Waals surface area (Å²) < 4.78 is 1.81. The van der Waals surface area contributed by atoms with Crippen LogP contribution in [0, 0.1) is 20.0 Å². The maximum atomic E-state index is 3.91. The molecule has 0 unspecified atom stereocenters. The third-order valence-corrected chi connectivity index (χ3v) is 1.40. The van der Waals surface area contributed by atoms with Gasteiger partial charge >= 0.3 is 32.7 Å². The third kappa shape index (κ3) is 1.87. The van der Waals surface area contributed by atoms with Gasteiger partial charge in [0.25, 0.3) is 0 Å². The van der Waals surface area contributed by atoms with E-state index in [1.807, 2.05) is 25.6 Å². The smallest absolute Gasteiger partial charge is 0.369 e. The topological polar surface area (TPSA) is 17.8 Å². The first-order valence-electron chi connectivity index (χ1n) is 2.59. The van der Waals surface area contributed by atoms with Gasteiger partial charge in [0.15, 0.2) is 0 Å². The van der Waals surface area contributed by atoms with Crippen molar-refractivity contribution in [1.29, 1.82) is 0 Å². The first-order chi connectivity index (χ1) is 3.72. The molecule has 1 aromatic rings. The second-order valence-electron chi connectivity index (χ2n) is 1.95. The van der Waals surface area contributed by atoms with E-state index in [0.717, 1.165) is 5.56 Å². The van der Waals surface area contributed by atoms with Gasteiger partial charge < -0.3 is 9.78 Å². The van der Waals surface area contributed by atoms with Crippen LogP contribution in [-0.4, -0.2) is 9.78 Å². The average Bonchev–Trinajstić information content (AvgIpc) is 1.98. The molecule has 1 rings (SSSR count). The minimum Gasteiger partial charge on any atom is -0.369 e. The van der Waals surface area contributed by atoms with E-state index >= 15 is 0 Å². The number of aromatic nitrogens is 2. The summed E-state index contributed by atoms with van der Waals surface area (Å²) in [6.45, 7) is 4.03. The molecule has 0 aliphatic rings. The van der Waals surface area contributed by atoms with Crippen LogP contribution in [0.25, 0.3) is 0 Å². The fourth-order valence-corrected chi connectivity index (χ4v) is 0.549. The van der Waals surface area contributed by atoms with Crippen LogP contribution in [0.1, 0.15) is 11.3 Å². The number of hydrogen-bond acceptors (Lipinski definition) is 1. The van der Waals surface area contributed by atoms with Crippen LogP contribution in [-0.2, 0) is 39.8 Å². The van der Waals surface area contributed by atoms with Crippen molar-refractivity contribution >= 4 is 0 Å². The predicted molar refractivity (Wildman–Crippen MR) is 31.5 cm³/mol. The molecule has 0 atom stereocenters. The number of hydrogen-bond donors (Lipinski definition) is 0. The quantitative estimate of drug-likeness (QED) is 0.564. The van der Waals surface area contributed by atoms with E-state index in [9.17, 15) is 0 Å². The van der Waals surface area contributed by atoms with Gasteiger partial charge in [-0.05, 0) is 0 Å². The molecule has 9 heavy (non-hydrogen) atoms. The standard InChI is InChI=1S/C6H9N2.Y/c1-5-4-7-8(3)6(5)2;/h1-3H3;/q-1;+3.